The molecule has 0 saturated heterocycles. The third-order valence-electron chi connectivity index (χ3n) is 3.52. The van der Waals surface area contributed by atoms with Crippen molar-refractivity contribution in [2.45, 2.75) is 46.8 Å². The van der Waals surface area contributed by atoms with E-state index < -0.39 is 10.0 Å². The van der Waals surface area contributed by atoms with Gasteiger partial charge in [0.15, 0.2) is 0 Å². The van der Waals surface area contributed by atoms with Gasteiger partial charge in [-0.25, -0.2) is 13.1 Å². The van der Waals surface area contributed by atoms with Crippen LogP contribution in [0, 0.1) is 6.92 Å². The molecule has 0 spiro atoms. The van der Waals surface area contributed by atoms with E-state index in [-0.39, 0.29) is 11.8 Å². The van der Waals surface area contributed by atoms with Gasteiger partial charge in [0.2, 0.25) is 10.0 Å². The molecule has 0 amide bonds. The van der Waals surface area contributed by atoms with E-state index in [1.165, 1.54) is 5.56 Å². The van der Waals surface area contributed by atoms with Crippen molar-refractivity contribution in [3.8, 4) is 0 Å². The Morgan fingerprint density at radius 3 is 2.60 bits per heavy atom. The lowest BCUT2D eigenvalue weighted by atomic mass is 10.2. The van der Waals surface area contributed by atoms with Crippen LogP contribution in [0.15, 0.2) is 6.20 Å². The highest BCUT2D eigenvalue weighted by atomic mass is 32.2. The van der Waals surface area contributed by atoms with Crippen LogP contribution in [0.1, 0.15) is 32.0 Å². The van der Waals surface area contributed by atoms with Crippen molar-refractivity contribution in [3.05, 3.63) is 17.5 Å². The predicted octanol–water partition coefficient (Wildman–Crippen LogP) is 0.971. The second-order valence-corrected chi connectivity index (χ2v) is 7.21. The van der Waals surface area contributed by atoms with E-state index in [0.29, 0.717) is 6.54 Å². The molecule has 1 aromatic rings. The van der Waals surface area contributed by atoms with Crippen LogP contribution in [0.3, 0.4) is 0 Å². The molecule has 0 aliphatic heterocycles. The molecule has 0 saturated carbocycles. The first-order valence-corrected chi connectivity index (χ1v) is 8.64. The predicted molar refractivity (Wildman–Crippen MR) is 81.0 cm³/mol. The van der Waals surface area contributed by atoms with Gasteiger partial charge >= 0.3 is 0 Å². The van der Waals surface area contributed by atoms with Crippen LogP contribution in [0.2, 0.25) is 0 Å². The maximum atomic E-state index is 11.4. The zero-order valence-electron chi connectivity index (χ0n) is 13.0. The minimum absolute atomic E-state index is 0.117. The molecule has 7 heteroatoms. The molecule has 1 aromatic heterocycles. The molecule has 0 aromatic carbocycles. The average Bonchev–Trinajstić information content (AvgIpc) is 2.76. The molecule has 0 radical (unpaired) electrons. The second kappa shape index (κ2) is 7.19. The van der Waals surface area contributed by atoms with Gasteiger partial charge in [-0.1, -0.05) is 0 Å². The van der Waals surface area contributed by atoms with Crippen molar-refractivity contribution < 1.29 is 8.42 Å². The van der Waals surface area contributed by atoms with Gasteiger partial charge in [0, 0.05) is 37.4 Å². The van der Waals surface area contributed by atoms with E-state index in [0.717, 1.165) is 18.8 Å². The Hall–Kier alpha value is -0.920. The second-order valence-electron chi connectivity index (χ2n) is 5.11. The lowest BCUT2D eigenvalue weighted by molar-refractivity contribution is 0.250. The number of likely N-dealkylation sites (N-methyl/N-ethyl adjacent to an activating group) is 1. The van der Waals surface area contributed by atoms with Gasteiger partial charge in [-0.3, -0.25) is 9.58 Å². The standard InChI is InChI=1S/C13H26N4O2S/c1-6-17-10-13(12(4)15-17)9-16(5)11(3)8-14-20(18,19)7-2/h10-11,14H,6-9H2,1-5H3. The van der Waals surface area contributed by atoms with Crippen molar-refractivity contribution >= 4 is 10.0 Å². The maximum Gasteiger partial charge on any atom is 0.211 e. The van der Waals surface area contributed by atoms with E-state index in [9.17, 15) is 8.42 Å². The molecule has 6 nitrogen and oxygen atoms in total. The number of hydrogen-bond donors (Lipinski definition) is 1. The van der Waals surface area contributed by atoms with Gasteiger partial charge in [0.1, 0.15) is 0 Å². The molecule has 0 fully saturated rings. The first-order valence-electron chi connectivity index (χ1n) is 6.99. The van der Waals surface area contributed by atoms with Crippen LogP contribution < -0.4 is 4.72 Å². The summed E-state index contributed by atoms with van der Waals surface area (Å²) in [5, 5.41) is 4.42. The summed E-state index contributed by atoms with van der Waals surface area (Å²) < 4.78 is 27.4. The number of nitrogens with one attached hydrogen (secondary N) is 1. The molecular formula is C13H26N4O2S. The van der Waals surface area contributed by atoms with E-state index in [4.69, 9.17) is 0 Å². The zero-order valence-corrected chi connectivity index (χ0v) is 13.9. The Kier molecular flexibility index (Phi) is 6.16. The van der Waals surface area contributed by atoms with E-state index in [2.05, 4.69) is 27.8 Å². The molecule has 0 aliphatic rings. The zero-order chi connectivity index (χ0) is 15.3. The first kappa shape index (κ1) is 17.1. The third kappa shape index (κ3) is 4.88. The summed E-state index contributed by atoms with van der Waals surface area (Å²) in [7, 11) is -1.13. The molecule has 1 unspecified atom stereocenters. The molecule has 1 rings (SSSR count). The number of aromatic nitrogens is 2. The normalized spacial score (nSPS) is 13.9. The van der Waals surface area contributed by atoms with Crippen molar-refractivity contribution in [1.82, 2.24) is 19.4 Å². The van der Waals surface area contributed by atoms with Gasteiger partial charge in [0.25, 0.3) is 0 Å². The highest BCUT2D eigenvalue weighted by Gasteiger charge is 2.15. The third-order valence-corrected chi connectivity index (χ3v) is 4.89. The maximum absolute atomic E-state index is 11.4. The average molecular weight is 302 g/mol. The van der Waals surface area contributed by atoms with Crippen LogP contribution in [0.25, 0.3) is 0 Å². The molecule has 1 N–H and O–H groups in total. The van der Waals surface area contributed by atoms with Crippen LogP contribution in [0.4, 0.5) is 0 Å². The number of sulfonamides is 1. The molecule has 20 heavy (non-hydrogen) atoms. The summed E-state index contributed by atoms with van der Waals surface area (Å²) in [5.41, 5.74) is 2.21. The Bertz CT molecular complexity index is 524. The van der Waals surface area contributed by atoms with Crippen LogP contribution in [-0.2, 0) is 23.1 Å². The first-order chi connectivity index (χ1) is 9.29. The molecule has 1 atom stereocenters. The Labute approximate surface area is 122 Å². The largest absolute Gasteiger partial charge is 0.298 e. The fourth-order valence-corrected chi connectivity index (χ4v) is 2.51. The minimum atomic E-state index is -3.12. The quantitative estimate of drug-likeness (QED) is 0.777. The Balaban J connectivity index is 2.57. The summed E-state index contributed by atoms with van der Waals surface area (Å²) in [5.74, 6) is 0.117. The number of hydrogen-bond acceptors (Lipinski definition) is 4. The highest BCUT2D eigenvalue weighted by molar-refractivity contribution is 7.89. The molecule has 1 heterocycles. The molecule has 116 valence electrons. The summed E-state index contributed by atoms with van der Waals surface area (Å²) in [6, 6.07) is 0.126. The van der Waals surface area contributed by atoms with Gasteiger partial charge < -0.3 is 0 Å². The van der Waals surface area contributed by atoms with Crippen molar-refractivity contribution in [3.63, 3.8) is 0 Å². The van der Waals surface area contributed by atoms with Gasteiger partial charge in [-0.05, 0) is 34.7 Å². The number of nitrogens with zero attached hydrogens (tertiary/aromatic N) is 3. The lowest BCUT2D eigenvalue weighted by Gasteiger charge is -2.24. The van der Waals surface area contributed by atoms with Crippen molar-refractivity contribution in [2.24, 2.45) is 0 Å². The minimum Gasteiger partial charge on any atom is -0.298 e. The number of aryl methyl sites for hydroxylation is 2. The SMILES string of the molecule is CCn1cc(CN(C)C(C)CNS(=O)(=O)CC)c(C)n1. The highest BCUT2D eigenvalue weighted by Crippen LogP contribution is 2.10. The van der Waals surface area contributed by atoms with Gasteiger partial charge in [0.05, 0.1) is 11.4 Å². The van der Waals surface area contributed by atoms with Crippen molar-refractivity contribution in [1.29, 1.82) is 0 Å². The van der Waals surface area contributed by atoms with E-state index in [1.54, 1.807) is 6.92 Å². The van der Waals surface area contributed by atoms with Gasteiger partial charge in [-0.2, -0.15) is 5.10 Å². The Morgan fingerprint density at radius 2 is 2.10 bits per heavy atom. The lowest BCUT2D eigenvalue weighted by Crippen LogP contribution is -2.40. The molecule has 0 aliphatic carbocycles. The smallest absolute Gasteiger partial charge is 0.211 e. The molecular weight excluding hydrogens is 276 g/mol. The fourth-order valence-electron chi connectivity index (χ4n) is 1.81. The van der Waals surface area contributed by atoms with E-state index >= 15 is 0 Å². The monoisotopic (exact) mass is 302 g/mol. The molecule has 0 bridgehead atoms. The summed E-state index contributed by atoms with van der Waals surface area (Å²) in [6.07, 6.45) is 2.05. The van der Waals surface area contributed by atoms with Crippen LogP contribution in [0.5, 0.6) is 0 Å². The van der Waals surface area contributed by atoms with Gasteiger partial charge in [-0.15, -0.1) is 0 Å². The summed E-state index contributed by atoms with van der Waals surface area (Å²) in [6.45, 7) is 9.75. The Morgan fingerprint density at radius 1 is 1.45 bits per heavy atom. The fraction of sp³-hybridized carbons (Fsp3) is 0.769. The summed E-state index contributed by atoms with van der Waals surface area (Å²) >= 11 is 0. The van der Waals surface area contributed by atoms with Crippen LogP contribution in [-0.4, -0.2) is 48.5 Å². The van der Waals surface area contributed by atoms with Crippen molar-refractivity contribution in [2.75, 3.05) is 19.3 Å². The number of rotatable bonds is 8. The topological polar surface area (TPSA) is 67.2 Å². The summed E-state index contributed by atoms with van der Waals surface area (Å²) in [4.78, 5) is 2.13. The van der Waals surface area contributed by atoms with Crippen LogP contribution >= 0.6 is 0 Å². The van der Waals surface area contributed by atoms with E-state index in [1.807, 2.05) is 25.6 Å².